The third-order valence-electron chi connectivity index (χ3n) is 4.15. The number of alkyl halides is 2. The minimum atomic E-state index is -2.99. The maximum absolute atomic E-state index is 14.4. The van der Waals surface area contributed by atoms with Gasteiger partial charge in [-0.25, -0.2) is 17.6 Å². The molecule has 0 amide bonds. The molecule has 0 atom stereocenters. The molecule has 1 fully saturated rings. The standard InChI is InChI=1S/C15H16BBrF4O2/c1-14(2)15(3,4)23-16(22-14)11(18)7-9-10(17)6-5-8(12(9)19)13(20)21/h5-7,13H,1-4H3. The summed E-state index contributed by atoms with van der Waals surface area (Å²) in [7, 11) is -1.32. The highest BCUT2D eigenvalue weighted by molar-refractivity contribution is 9.10. The van der Waals surface area contributed by atoms with Crippen molar-refractivity contribution in [1.29, 1.82) is 0 Å². The molecule has 2 rings (SSSR count). The smallest absolute Gasteiger partial charge is 0.398 e. The molecule has 0 N–H and O–H groups in total. The first-order valence-corrected chi connectivity index (χ1v) is 7.74. The molecule has 0 unspecified atom stereocenters. The Labute approximate surface area is 141 Å². The lowest BCUT2D eigenvalue weighted by Crippen LogP contribution is -2.41. The summed E-state index contributed by atoms with van der Waals surface area (Å²) in [5.74, 6) is -1.18. The van der Waals surface area contributed by atoms with E-state index in [1.54, 1.807) is 27.7 Å². The molecule has 0 spiro atoms. The van der Waals surface area contributed by atoms with Crippen molar-refractivity contribution in [2.45, 2.75) is 45.3 Å². The zero-order chi connectivity index (χ0) is 17.6. The minimum Gasteiger partial charge on any atom is -0.398 e. The highest BCUT2D eigenvalue weighted by atomic mass is 79.9. The second-order valence-corrected chi connectivity index (χ2v) is 7.14. The molecule has 0 bridgehead atoms. The van der Waals surface area contributed by atoms with Gasteiger partial charge in [0.2, 0.25) is 0 Å². The molecule has 126 valence electrons. The summed E-state index contributed by atoms with van der Waals surface area (Å²) < 4.78 is 65.2. The fraction of sp³-hybridized carbons (Fsp3) is 0.467. The van der Waals surface area contributed by atoms with Crippen LogP contribution in [0.1, 0.15) is 45.2 Å². The van der Waals surface area contributed by atoms with Crippen molar-refractivity contribution in [2.24, 2.45) is 0 Å². The van der Waals surface area contributed by atoms with Gasteiger partial charge < -0.3 is 9.31 Å². The normalized spacial score (nSPS) is 20.4. The lowest BCUT2D eigenvalue weighted by molar-refractivity contribution is 0.00578. The topological polar surface area (TPSA) is 18.5 Å². The molecule has 0 aromatic heterocycles. The van der Waals surface area contributed by atoms with Gasteiger partial charge in [0.15, 0.2) is 0 Å². The van der Waals surface area contributed by atoms with E-state index in [1.165, 1.54) is 6.07 Å². The zero-order valence-corrected chi connectivity index (χ0v) is 14.7. The molecule has 0 saturated carbocycles. The van der Waals surface area contributed by atoms with Crippen LogP contribution in [-0.4, -0.2) is 18.3 Å². The van der Waals surface area contributed by atoms with E-state index in [9.17, 15) is 17.6 Å². The van der Waals surface area contributed by atoms with E-state index in [-0.39, 0.29) is 10.0 Å². The van der Waals surface area contributed by atoms with Gasteiger partial charge in [-0.15, -0.1) is 0 Å². The van der Waals surface area contributed by atoms with Gasteiger partial charge in [-0.05, 0) is 45.9 Å². The van der Waals surface area contributed by atoms with Crippen LogP contribution in [0, 0.1) is 5.82 Å². The predicted molar refractivity (Wildman–Crippen MR) is 84.2 cm³/mol. The van der Waals surface area contributed by atoms with Crippen LogP contribution in [-0.2, 0) is 9.31 Å². The van der Waals surface area contributed by atoms with Gasteiger partial charge >= 0.3 is 7.12 Å². The average molecular weight is 395 g/mol. The first-order valence-electron chi connectivity index (χ1n) is 6.95. The zero-order valence-electron chi connectivity index (χ0n) is 13.1. The Balaban J connectivity index is 2.38. The highest BCUT2D eigenvalue weighted by Crippen LogP contribution is 2.39. The van der Waals surface area contributed by atoms with Crippen LogP contribution < -0.4 is 0 Å². The summed E-state index contributed by atoms with van der Waals surface area (Å²) in [5.41, 5.74) is -3.52. The molecule has 1 aromatic rings. The van der Waals surface area contributed by atoms with E-state index in [4.69, 9.17) is 9.31 Å². The third-order valence-corrected chi connectivity index (χ3v) is 4.84. The lowest BCUT2D eigenvalue weighted by Gasteiger charge is -2.32. The molecule has 2 nitrogen and oxygen atoms in total. The summed E-state index contributed by atoms with van der Waals surface area (Å²) in [6.07, 6.45) is -2.18. The van der Waals surface area contributed by atoms with E-state index in [0.29, 0.717) is 0 Å². The number of hydrogen-bond acceptors (Lipinski definition) is 2. The van der Waals surface area contributed by atoms with Gasteiger partial charge in [0.05, 0.1) is 16.8 Å². The minimum absolute atomic E-state index is 0.158. The second-order valence-electron chi connectivity index (χ2n) is 6.28. The van der Waals surface area contributed by atoms with E-state index in [1.807, 2.05) is 0 Å². The molecule has 1 aliphatic rings. The van der Waals surface area contributed by atoms with Crippen LogP contribution in [0.5, 0.6) is 0 Å². The van der Waals surface area contributed by atoms with Crippen LogP contribution in [0.25, 0.3) is 6.08 Å². The maximum Gasteiger partial charge on any atom is 0.525 e. The predicted octanol–water partition coefficient (Wildman–Crippen LogP) is 5.47. The molecule has 0 aliphatic carbocycles. The van der Waals surface area contributed by atoms with Gasteiger partial charge in [-0.1, -0.05) is 15.9 Å². The SMILES string of the molecule is CC1(C)OB(C(F)=Cc2c(Br)ccc(C(F)F)c2F)OC1(C)C. The van der Waals surface area contributed by atoms with Crippen molar-refractivity contribution in [3.63, 3.8) is 0 Å². The second kappa shape index (κ2) is 6.22. The van der Waals surface area contributed by atoms with Crippen molar-refractivity contribution in [1.82, 2.24) is 0 Å². The van der Waals surface area contributed by atoms with E-state index in [2.05, 4.69) is 15.9 Å². The summed E-state index contributed by atoms with van der Waals surface area (Å²) in [5, 5.41) is 0. The Morgan fingerprint density at radius 1 is 1.17 bits per heavy atom. The van der Waals surface area contributed by atoms with Crippen LogP contribution in [0.3, 0.4) is 0 Å². The molecule has 23 heavy (non-hydrogen) atoms. The Hall–Kier alpha value is -0.855. The monoisotopic (exact) mass is 394 g/mol. The molecule has 1 heterocycles. The molecular formula is C15H16BBrF4O2. The molecule has 1 aliphatic heterocycles. The third kappa shape index (κ3) is 3.49. The van der Waals surface area contributed by atoms with Crippen LogP contribution in [0.4, 0.5) is 17.6 Å². The number of hydrogen-bond donors (Lipinski definition) is 0. The molecule has 0 radical (unpaired) electrons. The first kappa shape index (κ1) is 18.5. The largest absolute Gasteiger partial charge is 0.525 e. The van der Waals surface area contributed by atoms with Crippen LogP contribution in [0.15, 0.2) is 22.3 Å². The average Bonchev–Trinajstić information content (AvgIpc) is 2.62. The van der Waals surface area contributed by atoms with Crippen molar-refractivity contribution < 1.29 is 26.9 Å². The maximum atomic E-state index is 14.4. The van der Waals surface area contributed by atoms with Crippen molar-refractivity contribution >= 4 is 29.1 Å². The van der Waals surface area contributed by atoms with E-state index in [0.717, 1.165) is 12.1 Å². The Morgan fingerprint density at radius 3 is 2.17 bits per heavy atom. The van der Waals surface area contributed by atoms with Gasteiger partial charge in [-0.2, -0.15) is 0 Å². The summed E-state index contributed by atoms with van der Waals surface area (Å²) in [6.45, 7) is 6.98. The summed E-state index contributed by atoms with van der Waals surface area (Å²) in [6, 6.07) is 2.20. The van der Waals surface area contributed by atoms with Gasteiger partial charge in [0.1, 0.15) is 11.5 Å². The first-order chi connectivity index (χ1) is 10.5. The van der Waals surface area contributed by atoms with E-state index >= 15 is 0 Å². The molecule has 1 aromatic carbocycles. The van der Waals surface area contributed by atoms with Crippen LogP contribution in [0.2, 0.25) is 0 Å². The van der Waals surface area contributed by atoms with Gasteiger partial charge in [0, 0.05) is 10.0 Å². The molecule has 8 heteroatoms. The molecular weight excluding hydrogens is 379 g/mol. The molecule has 1 saturated heterocycles. The number of rotatable bonds is 3. The summed E-state index contributed by atoms with van der Waals surface area (Å²) in [4.78, 5) is 0. The van der Waals surface area contributed by atoms with Crippen molar-refractivity contribution in [2.75, 3.05) is 0 Å². The van der Waals surface area contributed by atoms with E-state index < -0.39 is 41.9 Å². The van der Waals surface area contributed by atoms with Crippen molar-refractivity contribution in [3.05, 3.63) is 39.3 Å². The highest BCUT2D eigenvalue weighted by Gasteiger charge is 2.53. The van der Waals surface area contributed by atoms with Crippen molar-refractivity contribution in [3.8, 4) is 0 Å². The van der Waals surface area contributed by atoms with Gasteiger partial charge in [0.25, 0.3) is 6.43 Å². The Morgan fingerprint density at radius 2 is 1.70 bits per heavy atom. The fourth-order valence-electron chi connectivity index (χ4n) is 2.05. The fourth-order valence-corrected chi connectivity index (χ4v) is 2.47. The van der Waals surface area contributed by atoms with Gasteiger partial charge in [-0.3, -0.25) is 0 Å². The quantitative estimate of drug-likeness (QED) is 0.500. The Kier molecular flexibility index (Phi) is 5.00. The van der Waals surface area contributed by atoms with Crippen LogP contribution >= 0.6 is 15.9 Å². The lowest BCUT2D eigenvalue weighted by atomic mass is 9.86. The Bertz CT molecular complexity index is 631. The number of halogens is 5. The number of benzene rings is 1. The summed E-state index contributed by atoms with van der Waals surface area (Å²) >= 11 is 3.03.